The lowest BCUT2D eigenvalue weighted by Crippen LogP contribution is -2.44. The second-order valence-electron chi connectivity index (χ2n) is 5.07. The van der Waals surface area contributed by atoms with E-state index in [9.17, 15) is 4.79 Å². The molecular weight excluding hydrogens is 300 g/mol. The molecule has 2 aromatic rings. The Hall–Kier alpha value is -1.83. The van der Waals surface area contributed by atoms with Crippen molar-refractivity contribution >= 4 is 17.2 Å². The zero-order chi connectivity index (χ0) is 15.2. The Morgan fingerprint density at radius 2 is 2.32 bits per heavy atom. The van der Waals surface area contributed by atoms with E-state index in [2.05, 4.69) is 20.6 Å². The van der Waals surface area contributed by atoms with Gasteiger partial charge in [0.05, 0.1) is 25.5 Å². The van der Waals surface area contributed by atoms with Crippen LogP contribution >= 0.6 is 11.3 Å². The normalized spacial score (nSPS) is 18.1. The molecule has 2 N–H and O–H groups in total. The van der Waals surface area contributed by atoms with E-state index in [-0.39, 0.29) is 11.9 Å². The smallest absolute Gasteiger partial charge is 0.222 e. The maximum absolute atomic E-state index is 11.9. The molecule has 1 fully saturated rings. The largest absolute Gasteiger partial charge is 0.378 e. The van der Waals surface area contributed by atoms with Crippen LogP contribution in [0.15, 0.2) is 29.9 Å². The Labute approximate surface area is 132 Å². The third kappa shape index (κ3) is 4.09. The van der Waals surface area contributed by atoms with E-state index < -0.39 is 0 Å². The molecule has 1 atom stereocenters. The zero-order valence-corrected chi connectivity index (χ0v) is 12.9. The Morgan fingerprint density at radius 3 is 3.09 bits per heavy atom. The summed E-state index contributed by atoms with van der Waals surface area (Å²) in [6.07, 6.45) is 3.92. The van der Waals surface area contributed by atoms with Gasteiger partial charge in [0.25, 0.3) is 0 Å². The minimum Gasteiger partial charge on any atom is -0.378 e. The fourth-order valence-electron chi connectivity index (χ4n) is 2.27. The third-order valence-corrected chi connectivity index (χ3v) is 4.24. The number of nitrogens with zero attached hydrogens (tertiary/aromatic N) is 2. The lowest BCUT2D eigenvalue weighted by molar-refractivity contribution is -0.122. The van der Waals surface area contributed by atoms with Crippen LogP contribution in [0.25, 0.3) is 11.3 Å². The summed E-state index contributed by atoms with van der Waals surface area (Å²) >= 11 is 1.55. The summed E-state index contributed by atoms with van der Waals surface area (Å²) in [6, 6.07) is 3.95. The molecule has 3 rings (SSSR count). The molecule has 0 radical (unpaired) electrons. The fourth-order valence-corrected chi connectivity index (χ4v) is 3.01. The average Bonchev–Trinajstić information content (AvgIpc) is 3.04. The SMILES string of the molecule is O=C(CC1COCCN1)NCc1nc(-c2ccncc2)cs1. The van der Waals surface area contributed by atoms with E-state index in [4.69, 9.17) is 4.74 Å². The lowest BCUT2D eigenvalue weighted by atomic mass is 10.2. The molecule has 0 bridgehead atoms. The number of thiazole rings is 1. The van der Waals surface area contributed by atoms with E-state index >= 15 is 0 Å². The second kappa shape index (κ2) is 7.44. The van der Waals surface area contributed by atoms with Crippen molar-refractivity contribution in [2.45, 2.75) is 19.0 Å². The van der Waals surface area contributed by atoms with Gasteiger partial charge in [-0.25, -0.2) is 4.98 Å². The molecule has 1 saturated heterocycles. The maximum Gasteiger partial charge on any atom is 0.222 e. The lowest BCUT2D eigenvalue weighted by Gasteiger charge is -2.23. The van der Waals surface area contributed by atoms with Crippen LogP contribution in [-0.4, -0.2) is 41.7 Å². The van der Waals surface area contributed by atoms with Crippen LogP contribution in [0.5, 0.6) is 0 Å². The topological polar surface area (TPSA) is 76.1 Å². The summed E-state index contributed by atoms with van der Waals surface area (Å²) in [5, 5.41) is 9.07. The zero-order valence-electron chi connectivity index (χ0n) is 12.1. The van der Waals surface area contributed by atoms with E-state index in [0.717, 1.165) is 29.4 Å². The van der Waals surface area contributed by atoms with Crippen LogP contribution in [-0.2, 0) is 16.1 Å². The summed E-state index contributed by atoms with van der Waals surface area (Å²) in [7, 11) is 0. The number of carbonyl (C=O) groups excluding carboxylic acids is 1. The molecule has 1 amide bonds. The van der Waals surface area contributed by atoms with Crippen LogP contribution in [0.3, 0.4) is 0 Å². The minimum atomic E-state index is 0.0173. The van der Waals surface area contributed by atoms with Crippen molar-refractivity contribution in [1.82, 2.24) is 20.6 Å². The van der Waals surface area contributed by atoms with Crippen molar-refractivity contribution in [2.75, 3.05) is 19.8 Å². The fraction of sp³-hybridized carbons (Fsp3) is 0.400. The first-order valence-corrected chi connectivity index (χ1v) is 8.12. The third-order valence-electron chi connectivity index (χ3n) is 3.39. The highest BCUT2D eigenvalue weighted by Gasteiger charge is 2.16. The number of pyridine rings is 1. The van der Waals surface area contributed by atoms with Gasteiger partial charge in [-0.15, -0.1) is 11.3 Å². The monoisotopic (exact) mass is 318 g/mol. The predicted molar refractivity (Wildman–Crippen MR) is 84.4 cm³/mol. The van der Waals surface area contributed by atoms with Crippen molar-refractivity contribution in [3.05, 3.63) is 34.9 Å². The van der Waals surface area contributed by atoms with Gasteiger partial charge in [0.2, 0.25) is 5.91 Å². The number of hydrogen-bond donors (Lipinski definition) is 2. The number of nitrogens with one attached hydrogen (secondary N) is 2. The molecule has 22 heavy (non-hydrogen) atoms. The Kier molecular flexibility index (Phi) is 5.10. The molecule has 1 aliphatic rings. The Morgan fingerprint density at radius 1 is 1.45 bits per heavy atom. The highest BCUT2D eigenvalue weighted by atomic mass is 32.1. The van der Waals surface area contributed by atoms with Gasteiger partial charge in [-0.05, 0) is 12.1 Å². The number of amides is 1. The van der Waals surface area contributed by atoms with Gasteiger partial charge in [0.1, 0.15) is 5.01 Å². The number of aromatic nitrogens is 2. The maximum atomic E-state index is 11.9. The van der Waals surface area contributed by atoms with Gasteiger partial charge in [-0.2, -0.15) is 0 Å². The van der Waals surface area contributed by atoms with Crippen molar-refractivity contribution in [1.29, 1.82) is 0 Å². The molecule has 1 aliphatic heterocycles. The van der Waals surface area contributed by atoms with Crippen molar-refractivity contribution < 1.29 is 9.53 Å². The van der Waals surface area contributed by atoms with Crippen LogP contribution in [0.2, 0.25) is 0 Å². The number of ether oxygens (including phenoxy) is 1. The molecule has 6 nitrogen and oxygen atoms in total. The molecular formula is C15H18N4O2S. The van der Waals surface area contributed by atoms with Gasteiger partial charge < -0.3 is 15.4 Å². The van der Waals surface area contributed by atoms with Gasteiger partial charge in [0.15, 0.2) is 0 Å². The van der Waals surface area contributed by atoms with E-state index in [1.165, 1.54) is 0 Å². The predicted octanol–water partition coefficient (Wildman–Crippen LogP) is 1.20. The van der Waals surface area contributed by atoms with Crippen molar-refractivity contribution in [3.8, 4) is 11.3 Å². The van der Waals surface area contributed by atoms with E-state index in [0.29, 0.717) is 19.6 Å². The summed E-state index contributed by atoms with van der Waals surface area (Å²) in [5.41, 5.74) is 1.95. The molecule has 116 valence electrons. The highest BCUT2D eigenvalue weighted by Crippen LogP contribution is 2.20. The summed E-state index contributed by atoms with van der Waals surface area (Å²) in [5.74, 6) is 0.0173. The molecule has 0 aromatic carbocycles. The van der Waals surface area contributed by atoms with Crippen molar-refractivity contribution in [3.63, 3.8) is 0 Å². The van der Waals surface area contributed by atoms with Gasteiger partial charge >= 0.3 is 0 Å². The highest BCUT2D eigenvalue weighted by molar-refractivity contribution is 7.09. The first-order valence-electron chi connectivity index (χ1n) is 7.24. The molecule has 0 aliphatic carbocycles. The van der Waals surface area contributed by atoms with Crippen LogP contribution in [0, 0.1) is 0 Å². The quantitative estimate of drug-likeness (QED) is 0.866. The summed E-state index contributed by atoms with van der Waals surface area (Å²) in [4.78, 5) is 20.5. The Balaban J connectivity index is 1.49. The molecule has 3 heterocycles. The van der Waals surface area contributed by atoms with Gasteiger partial charge in [0, 0.05) is 42.3 Å². The van der Waals surface area contributed by atoms with Crippen LogP contribution in [0.4, 0.5) is 0 Å². The first kappa shape index (κ1) is 15.1. The van der Waals surface area contributed by atoms with E-state index in [1.54, 1.807) is 23.7 Å². The first-order chi connectivity index (χ1) is 10.8. The average molecular weight is 318 g/mol. The summed E-state index contributed by atoms with van der Waals surface area (Å²) < 4.78 is 5.34. The standard InChI is InChI=1S/C15H18N4O2S/c20-14(7-12-9-21-6-5-17-12)18-8-15-19-13(10-22-15)11-1-3-16-4-2-11/h1-4,10,12,17H,5-9H2,(H,18,20). The van der Waals surface area contributed by atoms with Crippen LogP contribution < -0.4 is 10.6 Å². The molecule has 1 unspecified atom stereocenters. The van der Waals surface area contributed by atoms with Gasteiger partial charge in [-0.3, -0.25) is 9.78 Å². The van der Waals surface area contributed by atoms with Crippen LogP contribution in [0.1, 0.15) is 11.4 Å². The molecule has 2 aromatic heterocycles. The number of carbonyl (C=O) groups is 1. The second-order valence-corrected chi connectivity index (χ2v) is 6.01. The molecule has 7 heteroatoms. The minimum absolute atomic E-state index is 0.0173. The van der Waals surface area contributed by atoms with Gasteiger partial charge in [-0.1, -0.05) is 0 Å². The number of rotatable bonds is 5. The van der Waals surface area contributed by atoms with E-state index in [1.807, 2.05) is 17.5 Å². The molecule has 0 spiro atoms. The Bertz CT molecular complexity index is 611. The molecule has 0 saturated carbocycles. The summed E-state index contributed by atoms with van der Waals surface area (Å²) in [6.45, 7) is 2.58. The number of hydrogen-bond acceptors (Lipinski definition) is 6. The van der Waals surface area contributed by atoms with Crippen molar-refractivity contribution in [2.24, 2.45) is 0 Å². The number of morpholine rings is 1.